The molecule has 114 valence electrons. The number of thiophene rings is 1. The lowest BCUT2D eigenvalue weighted by Gasteiger charge is -2.34. The predicted octanol–water partition coefficient (Wildman–Crippen LogP) is 2.60. The number of sulfonamides is 1. The van der Waals surface area contributed by atoms with E-state index < -0.39 is 10.0 Å². The minimum absolute atomic E-state index is 0.136. The quantitative estimate of drug-likeness (QED) is 0.908. The Morgan fingerprint density at radius 1 is 1.30 bits per heavy atom. The van der Waals surface area contributed by atoms with Crippen LogP contribution in [-0.2, 0) is 10.0 Å². The molecule has 1 aliphatic carbocycles. The maximum atomic E-state index is 12.6. The molecule has 0 aromatic carbocycles. The third-order valence-corrected chi connectivity index (χ3v) is 7.43. The van der Waals surface area contributed by atoms with Crippen molar-refractivity contribution in [2.24, 2.45) is 0 Å². The maximum Gasteiger partial charge on any atom is 0.252 e. The van der Waals surface area contributed by atoms with Crippen LogP contribution in [0.25, 0.3) is 0 Å². The van der Waals surface area contributed by atoms with Gasteiger partial charge < -0.3 is 5.32 Å². The Kier molecular flexibility index (Phi) is 5.23. The van der Waals surface area contributed by atoms with Crippen LogP contribution >= 0.6 is 11.3 Å². The van der Waals surface area contributed by atoms with Gasteiger partial charge in [-0.25, -0.2) is 8.42 Å². The molecule has 20 heavy (non-hydrogen) atoms. The first-order valence-corrected chi connectivity index (χ1v) is 9.48. The number of nitrogens with zero attached hydrogens (tertiary/aromatic N) is 1. The van der Waals surface area contributed by atoms with E-state index >= 15 is 0 Å². The molecule has 0 radical (unpaired) electrons. The normalized spacial score (nSPS) is 24.2. The van der Waals surface area contributed by atoms with E-state index in [4.69, 9.17) is 0 Å². The van der Waals surface area contributed by atoms with Crippen LogP contribution in [0.3, 0.4) is 0 Å². The Morgan fingerprint density at radius 2 is 1.95 bits per heavy atom. The predicted molar refractivity (Wildman–Crippen MR) is 83.7 cm³/mol. The third-order valence-electron chi connectivity index (χ3n) is 4.05. The fraction of sp³-hybridized carbons (Fsp3) is 0.714. The summed E-state index contributed by atoms with van der Waals surface area (Å²) in [6, 6.07) is 4.28. The molecule has 0 spiro atoms. The largest absolute Gasteiger partial charge is 0.314 e. The van der Waals surface area contributed by atoms with E-state index in [-0.39, 0.29) is 6.04 Å². The number of aryl methyl sites for hydroxylation is 1. The molecular weight excluding hydrogens is 292 g/mol. The molecule has 4 nitrogen and oxygen atoms in total. The highest BCUT2D eigenvalue weighted by atomic mass is 32.2. The number of hydrogen-bond acceptors (Lipinski definition) is 4. The molecule has 0 atom stereocenters. The van der Waals surface area contributed by atoms with E-state index in [0.29, 0.717) is 10.3 Å². The second kappa shape index (κ2) is 6.56. The molecule has 0 saturated heterocycles. The van der Waals surface area contributed by atoms with Crippen molar-refractivity contribution >= 4 is 21.4 Å². The zero-order valence-electron chi connectivity index (χ0n) is 12.4. The summed E-state index contributed by atoms with van der Waals surface area (Å²) in [5.74, 6) is 0. The average Bonchev–Trinajstić information content (AvgIpc) is 2.86. The van der Waals surface area contributed by atoms with Gasteiger partial charge in [0, 0.05) is 24.0 Å². The summed E-state index contributed by atoms with van der Waals surface area (Å²) in [6.45, 7) is 5.03. The van der Waals surface area contributed by atoms with Gasteiger partial charge in [-0.15, -0.1) is 11.3 Å². The Bertz CT molecular complexity index is 531. The van der Waals surface area contributed by atoms with Gasteiger partial charge in [0.25, 0.3) is 10.0 Å². The summed E-state index contributed by atoms with van der Waals surface area (Å²) >= 11 is 1.35. The van der Waals surface area contributed by atoms with Crippen molar-refractivity contribution in [1.82, 2.24) is 9.62 Å². The van der Waals surface area contributed by atoms with Gasteiger partial charge in [-0.05, 0) is 51.3 Å². The monoisotopic (exact) mass is 316 g/mol. The lowest BCUT2D eigenvalue weighted by molar-refractivity contribution is 0.251. The molecule has 1 fully saturated rings. The van der Waals surface area contributed by atoms with Crippen LogP contribution in [-0.4, -0.2) is 38.4 Å². The Hall–Kier alpha value is -0.430. The first-order chi connectivity index (χ1) is 9.45. The van der Waals surface area contributed by atoms with Crippen LogP contribution in [0.15, 0.2) is 16.3 Å². The van der Waals surface area contributed by atoms with E-state index in [1.807, 2.05) is 13.0 Å². The second-order valence-corrected chi connectivity index (χ2v) is 8.96. The molecule has 0 bridgehead atoms. The van der Waals surface area contributed by atoms with Gasteiger partial charge in [0.2, 0.25) is 0 Å². The van der Waals surface area contributed by atoms with Crippen LogP contribution in [0.1, 0.15) is 37.5 Å². The van der Waals surface area contributed by atoms with Gasteiger partial charge in [-0.2, -0.15) is 4.31 Å². The first-order valence-electron chi connectivity index (χ1n) is 7.23. The number of nitrogens with one attached hydrogen (secondary N) is 1. The zero-order valence-corrected chi connectivity index (χ0v) is 14.1. The van der Waals surface area contributed by atoms with E-state index in [0.717, 1.165) is 37.1 Å². The SMILES string of the molecule is CCNC1CCC(N(C)S(=O)(=O)c2ccc(C)s2)CC1. The summed E-state index contributed by atoms with van der Waals surface area (Å²) in [5, 5.41) is 3.45. The summed E-state index contributed by atoms with van der Waals surface area (Å²) < 4.78 is 27.2. The number of rotatable bonds is 5. The Labute approximate surface area is 126 Å². The lowest BCUT2D eigenvalue weighted by Crippen LogP contribution is -2.43. The molecule has 1 heterocycles. The molecule has 1 aliphatic rings. The van der Waals surface area contributed by atoms with E-state index in [9.17, 15) is 8.42 Å². The molecule has 6 heteroatoms. The summed E-state index contributed by atoms with van der Waals surface area (Å²) in [5.41, 5.74) is 0. The lowest BCUT2D eigenvalue weighted by atomic mass is 9.91. The highest BCUT2D eigenvalue weighted by Gasteiger charge is 2.31. The van der Waals surface area contributed by atoms with Crippen molar-refractivity contribution in [1.29, 1.82) is 0 Å². The summed E-state index contributed by atoms with van der Waals surface area (Å²) in [4.78, 5) is 1.04. The van der Waals surface area contributed by atoms with Crippen molar-refractivity contribution in [3.8, 4) is 0 Å². The van der Waals surface area contributed by atoms with Crippen molar-refractivity contribution in [2.75, 3.05) is 13.6 Å². The Balaban J connectivity index is 2.03. The molecule has 1 saturated carbocycles. The van der Waals surface area contributed by atoms with Crippen LogP contribution in [0.4, 0.5) is 0 Å². The van der Waals surface area contributed by atoms with E-state index in [1.54, 1.807) is 17.4 Å². The highest BCUT2D eigenvalue weighted by molar-refractivity contribution is 7.91. The molecule has 1 aromatic heterocycles. The second-order valence-electron chi connectivity index (χ2n) is 5.45. The third kappa shape index (κ3) is 3.42. The fourth-order valence-corrected chi connectivity index (χ4v) is 5.71. The van der Waals surface area contributed by atoms with Crippen molar-refractivity contribution in [3.63, 3.8) is 0 Å². The van der Waals surface area contributed by atoms with Gasteiger partial charge in [-0.1, -0.05) is 6.92 Å². The van der Waals surface area contributed by atoms with E-state index in [2.05, 4.69) is 12.2 Å². The molecule has 0 unspecified atom stereocenters. The summed E-state index contributed by atoms with van der Waals surface area (Å²) in [6.07, 6.45) is 4.00. The molecule has 1 aromatic rings. The smallest absolute Gasteiger partial charge is 0.252 e. The zero-order chi connectivity index (χ0) is 14.8. The van der Waals surface area contributed by atoms with E-state index in [1.165, 1.54) is 11.3 Å². The Morgan fingerprint density at radius 3 is 2.45 bits per heavy atom. The van der Waals surface area contributed by atoms with Crippen molar-refractivity contribution in [2.45, 2.75) is 55.8 Å². The first kappa shape index (κ1) is 15.9. The molecular formula is C14H24N2O2S2. The van der Waals surface area contributed by atoms with Crippen molar-refractivity contribution in [3.05, 3.63) is 17.0 Å². The fourth-order valence-electron chi connectivity index (χ4n) is 2.82. The van der Waals surface area contributed by atoms with Crippen LogP contribution in [0, 0.1) is 6.92 Å². The maximum absolute atomic E-state index is 12.6. The van der Waals surface area contributed by atoms with Gasteiger partial charge in [0.1, 0.15) is 4.21 Å². The standard InChI is InChI=1S/C14H24N2O2S2/c1-4-15-12-6-8-13(9-7-12)16(3)20(17,18)14-10-5-11(2)19-14/h5,10,12-13,15H,4,6-9H2,1-3H3. The number of hydrogen-bond donors (Lipinski definition) is 1. The van der Waals surface area contributed by atoms with Gasteiger partial charge >= 0.3 is 0 Å². The van der Waals surface area contributed by atoms with Gasteiger partial charge in [0.05, 0.1) is 0 Å². The van der Waals surface area contributed by atoms with Crippen LogP contribution < -0.4 is 5.32 Å². The van der Waals surface area contributed by atoms with Crippen LogP contribution in [0.2, 0.25) is 0 Å². The molecule has 0 aliphatic heterocycles. The molecule has 2 rings (SSSR count). The molecule has 1 N–H and O–H groups in total. The van der Waals surface area contributed by atoms with Crippen molar-refractivity contribution < 1.29 is 8.42 Å². The van der Waals surface area contributed by atoms with Gasteiger partial charge in [0.15, 0.2) is 0 Å². The minimum atomic E-state index is -3.32. The average molecular weight is 316 g/mol. The summed E-state index contributed by atoms with van der Waals surface area (Å²) in [7, 11) is -1.59. The van der Waals surface area contributed by atoms with Gasteiger partial charge in [-0.3, -0.25) is 0 Å². The molecule has 0 amide bonds. The highest BCUT2D eigenvalue weighted by Crippen LogP contribution is 2.29. The minimum Gasteiger partial charge on any atom is -0.314 e. The topological polar surface area (TPSA) is 49.4 Å². The van der Waals surface area contributed by atoms with Crippen LogP contribution in [0.5, 0.6) is 0 Å².